The molecule has 0 saturated carbocycles. The Balaban J connectivity index is 1.81. The van der Waals surface area contributed by atoms with Gasteiger partial charge in [0.15, 0.2) is 5.65 Å². The van der Waals surface area contributed by atoms with Crippen LogP contribution in [0, 0.1) is 6.92 Å². The summed E-state index contributed by atoms with van der Waals surface area (Å²) in [5.74, 6) is 0.750. The number of rotatable bonds is 3. The van der Waals surface area contributed by atoms with E-state index in [1.807, 2.05) is 47.1 Å². The molecule has 0 radical (unpaired) electrons. The molecule has 23 heavy (non-hydrogen) atoms. The molecule has 1 N–H and O–H groups in total. The third-order valence-electron chi connectivity index (χ3n) is 3.65. The second kappa shape index (κ2) is 5.53. The van der Waals surface area contributed by atoms with E-state index in [0.717, 1.165) is 28.2 Å². The molecule has 0 saturated heterocycles. The molecule has 0 aliphatic rings. The van der Waals surface area contributed by atoms with Crippen molar-refractivity contribution in [2.75, 3.05) is 5.32 Å². The van der Waals surface area contributed by atoms with E-state index in [0.29, 0.717) is 0 Å². The fourth-order valence-electron chi connectivity index (χ4n) is 2.55. The van der Waals surface area contributed by atoms with E-state index in [9.17, 15) is 0 Å². The van der Waals surface area contributed by atoms with Crippen LogP contribution in [0.2, 0.25) is 0 Å². The predicted octanol–water partition coefficient (Wildman–Crippen LogP) is 3.87. The van der Waals surface area contributed by atoms with Gasteiger partial charge in [-0.25, -0.2) is 14.6 Å². The van der Waals surface area contributed by atoms with Crippen LogP contribution in [0.3, 0.4) is 0 Å². The van der Waals surface area contributed by atoms with Crippen molar-refractivity contribution in [2.24, 2.45) is 0 Å². The molecule has 2 aromatic carbocycles. The Hall–Kier alpha value is -3.21. The average molecular weight is 301 g/mol. The smallest absolute Gasteiger partial charge is 0.168 e. The normalized spacial score (nSPS) is 10.8. The standard InChI is InChI=1S/C18H15N5/c1-13-6-5-9-15(10-13)23-18-16(11-21-23)17(19-12-20-18)22-14-7-3-2-4-8-14/h2-12H,1H3,(H,19,20,22). The summed E-state index contributed by atoms with van der Waals surface area (Å²) in [6.45, 7) is 2.06. The maximum atomic E-state index is 4.48. The highest BCUT2D eigenvalue weighted by molar-refractivity contribution is 5.89. The molecule has 0 spiro atoms. The van der Waals surface area contributed by atoms with Gasteiger partial charge in [0.05, 0.1) is 17.3 Å². The number of para-hydroxylation sites is 1. The van der Waals surface area contributed by atoms with E-state index in [1.165, 1.54) is 5.56 Å². The lowest BCUT2D eigenvalue weighted by molar-refractivity contribution is 0.894. The summed E-state index contributed by atoms with van der Waals surface area (Å²) >= 11 is 0. The summed E-state index contributed by atoms with van der Waals surface area (Å²) in [5.41, 5.74) is 3.94. The first-order valence-corrected chi connectivity index (χ1v) is 7.39. The first-order chi connectivity index (χ1) is 11.3. The van der Waals surface area contributed by atoms with Crippen LogP contribution in [-0.2, 0) is 0 Å². The summed E-state index contributed by atoms with van der Waals surface area (Å²) in [6, 6.07) is 18.1. The zero-order valence-corrected chi connectivity index (χ0v) is 12.6. The van der Waals surface area contributed by atoms with Gasteiger partial charge in [-0.05, 0) is 36.8 Å². The number of nitrogens with one attached hydrogen (secondary N) is 1. The van der Waals surface area contributed by atoms with Crippen molar-refractivity contribution in [2.45, 2.75) is 6.92 Å². The molecule has 2 heterocycles. The van der Waals surface area contributed by atoms with Crippen LogP contribution in [0.15, 0.2) is 67.1 Å². The van der Waals surface area contributed by atoms with Gasteiger partial charge in [0.2, 0.25) is 0 Å². The van der Waals surface area contributed by atoms with E-state index in [2.05, 4.69) is 39.4 Å². The van der Waals surface area contributed by atoms with Gasteiger partial charge in [-0.2, -0.15) is 5.10 Å². The molecular weight excluding hydrogens is 286 g/mol. The van der Waals surface area contributed by atoms with Gasteiger partial charge in [0.25, 0.3) is 0 Å². The molecule has 0 amide bonds. The molecule has 112 valence electrons. The fraction of sp³-hybridized carbons (Fsp3) is 0.0556. The summed E-state index contributed by atoms with van der Waals surface area (Å²) in [5, 5.41) is 8.69. The van der Waals surface area contributed by atoms with Crippen molar-refractivity contribution >= 4 is 22.5 Å². The number of anilines is 2. The first kappa shape index (κ1) is 13.5. The first-order valence-electron chi connectivity index (χ1n) is 7.39. The lowest BCUT2D eigenvalue weighted by Gasteiger charge is -2.07. The molecule has 5 nitrogen and oxygen atoms in total. The second-order valence-electron chi connectivity index (χ2n) is 5.35. The SMILES string of the molecule is Cc1cccc(-n2ncc3c(Nc4ccccc4)ncnc32)c1. The van der Waals surface area contributed by atoms with Crippen molar-refractivity contribution in [1.82, 2.24) is 19.7 Å². The average Bonchev–Trinajstić information content (AvgIpc) is 3.01. The lowest BCUT2D eigenvalue weighted by atomic mass is 10.2. The maximum Gasteiger partial charge on any atom is 0.168 e. The Bertz CT molecular complexity index is 959. The van der Waals surface area contributed by atoms with Gasteiger partial charge < -0.3 is 5.32 Å². The molecular formula is C18H15N5. The van der Waals surface area contributed by atoms with Crippen molar-refractivity contribution in [3.05, 3.63) is 72.7 Å². The van der Waals surface area contributed by atoms with E-state index in [1.54, 1.807) is 12.5 Å². The number of fused-ring (bicyclic) bond motifs is 1. The topological polar surface area (TPSA) is 55.6 Å². The van der Waals surface area contributed by atoms with Crippen LogP contribution in [0.1, 0.15) is 5.56 Å². The maximum absolute atomic E-state index is 4.48. The summed E-state index contributed by atoms with van der Waals surface area (Å²) < 4.78 is 1.83. The second-order valence-corrected chi connectivity index (χ2v) is 5.35. The van der Waals surface area contributed by atoms with Gasteiger partial charge in [-0.1, -0.05) is 30.3 Å². The molecule has 0 atom stereocenters. The van der Waals surface area contributed by atoms with Gasteiger partial charge in [-0.3, -0.25) is 0 Å². The third kappa shape index (κ3) is 2.53. The number of benzene rings is 2. The molecule has 0 aliphatic carbocycles. The highest BCUT2D eigenvalue weighted by Gasteiger charge is 2.11. The minimum atomic E-state index is 0.750. The zero-order chi connectivity index (χ0) is 15.6. The molecule has 0 aliphatic heterocycles. The molecule has 2 aromatic heterocycles. The predicted molar refractivity (Wildman–Crippen MR) is 91.1 cm³/mol. The van der Waals surface area contributed by atoms with Crippen LogP contribution in [0.5, 0.6) is 0 Å². The van der Waals surface area contributed by atoms with Gasteiger partial charge in [0.1, 0.15) is 12.1 Å². The quantitative estimate of drug-likeness (QED) is 0.624. The Kier molecular flexibility index (Phi) is 3.24. The molecule has 0 bridgehead atoms. The van der Waals surface area contributed by atoms with Gasteiger partial charge in [-0.15, -0.1) is 0 Å². The molecule has 4 aromatic rings. The van der Waals surface area contributed by atoms with E-state index in [-0.39, 0.29) is 0 Å². The van der Waals surface area contributed by atoms with Crippen LogP contribution in [0.4, 0.5) is 11.5 Å². The third-order valence-corrected chi connectivity index (χ3v) is 3.65. The fourth-order valence-corrected chi connectivity index (χ4v) is 2.55. The van der Waals surface area contributed by atoms with Gasteiger partial charge >= 0.3 is 0 Å². The number of hydrogen-bond donors (Lipinski definition) is 1. The van der Waals surface area contributed by atoms with E-state index < -0.39 is 0 Å². The van der Waals surface area contributed by atoms with Crippen molar-refractivity contribution < 1.29 is 0 Å². The molecule has 0 unspecified atom stereocenters. The molecule has 0 fully saturated rings. The Morgan fingerprint density at radius 3 is 2.65 bits per heavy atom. The Morgan fingerprint density at radius 1 is 0.957 bits per heavy atom. The Labute approximate surface area is 133 Å². The number of aromatic nitrogens is 4. The van der Waals surface area contributed by atoms with Crippen LogP contribution >= 0.6 is 0 Å². The van der Waals surface area contributed by atoms with Crippen LogP contribution in [-0.4, -0.2) is 19.7 Å². The summed E-state index contributed by atoms with van der Waals surface area (Å²) in [6.07, 6.45) is 3.35. The number of aryl methyl sites for hydroxylation is 1. The minimum Gasteiger partial charge on any atom is -0.340 e. The summed E-state index contributed by atoms with van der Waals surface area (Å²) in [4.78, 5) is 8.75. The van der Waals surface area contributed by atoms with E-state index >= 15 is 0 Å². The largest absolute Gasteiger partial charge is 0.340 e. The van der Waals surface area contributed by atoms with Crippen molar-refractivity contribution in [3.8, 4) is 5.69 Å². The Morgan fingerprint density at radius 2 is 1.83 bits per heavy atom. The minimum absolute atomic E-state index is 0.750. The summed E-state index contributed by atoms with van der Waals surface area (Å²) in [7, 11) is 0. The lowest BCUT2D eigenvalue weighted by Crippen LogP contribution is -1.99. The van der Waals surface area contributed by atoms with Gasteiger partial charge in [0, 0.05) is 5.69 Å². The van der Waals surface area contributed by atoms with Crippen LogP contribution < -0.4 is 5.32 Å². The molecule has 5 heteroatoms. The number of nitrogens with zero attached hydrogens (tertiary/aromatic N) is 4. The van der Waals surface area contributed by atoms with Crippen molar-refractivity contribution in [3.63, 3.8) is 0 Å². The highest BCUT2D eigenvalue weighted by Crippen LogP contribution is 2.24. The monoisotopic (exact) mass is 301 g/mol. The highest BCUT2D eigenvalue weighted by atomic mass is 15.3. The number of hydrogen-bond acceptors (Lipinski definition) is 4. The van der Waals surface area contributed by atoms with Crippen molar-refractivity contribution in [1.29, 1.82) is 0 Å². The molecule has 4 rings (SSSR count). The van der Waals surface area contributed by atoms with E-state index in [4.69, 9.17) is 0 Å². The zero-order valence-electron chi connectivity index (χ0n) is 12.6. The van der Waals surface area contributed by atoms with Crippen LogP contribution in [0.25, 0.3) is 16.7 Å².